The largest absolute Gasteiger partial charge is 0.504 e. The van der Waals surface area contributed by atoms with Gasteiger partial charge in [0.1, 0.15) is 5.82 Å². The highest BCUT2D eigenvalue weighted by atomic mass is 16.5. The van der Waals surface area contributed by atoms with Crippen LogP contribution in [0.2, 0.25) is 0 Å². The van der Waals surface area contributed by atoms with Gasteiger partial charge in [-0.15, -0.1) is 0 Å². The number of likely N-dealkylation sites (tertiary alicyclic amines) is 1. The Morgan fingerprint density at radius 1 is 1.36 bits per heavy atom. The number of aromatic nitrogens is 2. The predicted molar refractivity (Wildman–Crippen MR) is 109 cm³/mol. The van der Waals surface area contributed by atoms with Crippen molar-refractivity contribution in [1.82, 2.24) is 14.9 Å². The summed E-state index contributed by atoms with van der Waals surface area (Å²) in [6, 6.07) is 4.60. The third kappa shape index (κ3) is 2.45. The van der Waals surface area contributed by atoms with Crippen molar-refractivity contribution >= 4 is 0 Å². The van der Waals surface area contributed by atoms with Gasteiger partial charge >= 0.3 is 0 Å². The molecule has 2 aliphatic carbocycles. The summed E-state index contributed by atoms with van der Waals surface area (Å²) < 4.78 is 5.48. The molecule has 150 valence electrons. The minimum atomic E-state index is -0.0297. The Morgan fingerprint density at radius 3 is 2.93 bits per heavy atom. The van der Waals surface area contributed by atoms with Gasteiger partial charge < -0.3 is 19.7 Å². The molecule has 2 aromatic rings. The van der Waals surface area contributed by atoms with E-state index in [9.17, 15) is 5.11 Å². The number of methoxy groups -OCH3 is 1. The molecule has 3 aliphatic rings. The number of nitrogens with one attached hydrogen (secondary N) is 1. The molecule has 5 rings (SSSR count). The number of phenolic OH excluding ortho intramolecular Hbond substituents is 1. The number of imidazole rings is 1. The molecule has 28 heavy (non-hydrogen) atoms. The average molecular weight is 382 g/mol. The van der Waals surface area contributed by atoms with E-state index in [1.54, 1.807) is 7.11 Å². The van der Waals surface area contributed by atoms with Crippen molar-refractivity contribution < 1.29 is 9.84 Å². The number of fused-ring (bicyclic) bond motifs is 2. The number of likely N-dealkylation sites (N-methyl/N-ethyl adjacent to an activating group) is 1. The van der Waals surface area contributed by atoms with Gasteiger partial charge in [-0.2, -0.15) is 0 Å². The molecule has 1 aromatic heterocycles. The van der Waals surface area contributed by atoms with Crippen molar-refractivity contribution in [3.63, 3.8) is 0 Å². The molecule has 2 heterocycles. The fraction of sp³-hybridized carbons (Fsp3) is 0.609. The van der Waals surface area contributed by atoms with Gasteiger partial charge in [0.2, 0.25) is 0 Å². The second kappa shape index (κ2) is 6.24. The van der Waals surface area contributed by atoms with Crippen molar-refractivity contribution in [2.45, 2.75) is 57.4 Å². The number of rotatable bonds is 3. The molecule has 0 radical (unpaired) electrons. The van der Waals surface area contributed by atoms with Gasteiger partial charge in [0.05, 0.1) is 12.8 Å². The highest BCUT2D eigenvalue weighted by Gasteiger charge is 2.56. The number of piperidine rings is 1. The van der Waals surface area contributed by atoms with Crippen molar-refractivity contribution in [3.8, 4) is 11.5 Å². The number of aromatic hydroxyl groups is 1. The van der Waals surface area contributed by atoms with Gasteiger partial charge in [-0.3, -0.25) is 0 Å². The Hall–Kier alpha value is -2.01. The van der Waals surface area contributed by atoms with Crippen LogP contribution in [0.1, 0.15) is 48.6 Å². The number of benzene rings is 1. The molecular weight excluding hydrogens is 350 g/mol. The maximum atomic E-state index is 11.2. The normalized spacial score (nSPS) is 28.6. The van der Waals surface area contributed by atoms with Gasteiger partial charge in [0.25, 0.3) is 0 Å². The fourth-order valence-electron chi connectivity index (χ4n) is 6.21. The van der Waals surface area contributed by atoms with Crippen LogP contribution in [0.4, 0.5) is 0 Å². The van der Waals surface area contributed by atoms with Gasteiger partial charge in [-0.05, 0) is 62.7 Å². The van der Waals surface area contributed by atoms with E-state index in [1.807, 2.05) is 6.07 Å². The molecule has 1 saturated heterocycles. The lowest BCUT2D eigenvalue weighted by Gasteiger charge is -2.57. The summed E-state index contributed by atoms with van der Waals surface area (Å²) in [5, 5.41) is 11.2. The van der Waals surface area contributed by atoms with Gasteiger partial charge in [-0.25, -0.2) is 4.98 Å². The van der Waals surface area contributed by atoms with Crippen molar-refractivity contribution in [3.05, 3.63) is 40.5 Å². The first-order valence-electron chi connectivity index (χ1n) is 10.6. The second-order valence-corrected chi connectivity index (χ2v) is 9.50. The SMILES string of the molecule is COc1ccc2c(c1O)[C@@]13CCN(C)[C@@H](C2)[C@H]1Cc1nc(CC(C)C)[nH]c1C3. The van der Waals surface area contributed by atoms with Gasteiger partial charge in [0, 0.05) is 29.1 Å². The highest BCUT2D eigenvalue weighted by molar-refractivity contribution is 5.57. The molecule has 0 spiro atoms. The molecule has 5 nitrogen and oxygen atoms in total. The van der Waals surface area contributed by atoms with E-state index in [-0.39, 0.29) is 5.41 Å². The van der Waals surface area contributed by atoms with Crippen LogP contribution in [0.3, 0.4) is 0 Å². The van der Waals surface area contributed by atoms with E-state index in [0.717, 1.165) is 50.0 Å². The molecular formula is C23H31N3O2. The second-order valence-electron chi connectivity index (χ2n) is 9.50. The van der Waals surface area contributed by atoms with Crippen LogP contribution < -0.4 is 4.74 Å². The monoisotopic (exact) mass is 381 g/mol. The number of hydrogen-bond donors (Lipinski definition) is 2. The summed E-state index contributed by atoms with van der Waals surface area (Å²) in [6.07, 6.45) is 4.99. The van der Waals surface area contributed by atoms with E-state index in [0.29, 0.717) is 29.4 Å². The van der Waals surface area contributed by atoms with E-state index >= 15 is 0 Å². The zero-order chi connectivity index (χ0) is 19.6. The topological polar surface area (TPSA) is 61.4 Å². The first kappa shape index (κ1) is 18.0. The Bertz CT molecular complexity index is 919. The summed E-state index contributed by atoms with van der Waals surface area (Å²) in [5.74, 6) is 3.15. The summed E-state index contributed by atoms with van der Waals surface area (Å²) in [6.45, 7) is 5.55. The molecule has 1 aromatic carbocycles. The first-order chi connectivity index (χ1) is 13.4. The van der Waals surface area contributed by atoms with Crippen LogP contribution in [0.15, 0.2) is 12.1 Å². The Balaban J connectivity index is 1.66. The van der Waals surface area contributed by atoms with Crippen LogP contribution in [0.25, 0.3) is 0 Å². The maximum absolute atomic E-state index is 11.2. The number of nitrogens with zero attached hydrogens (tertiary/aromatic N) is 2. The molecule has 2 N–H and O–H groups in total. The van der Waals surface area contributed by atoms with Crippen molar-refractivity contribution in [2.24, 2.45) is 11.8 Å². The van der Waals surface area contributed by atoms with Crippen molar-refractivity contribution in [2.75, 3.05) is 20.7 Å². The average Bonchev–Trinajstić information content (AvgIpc) is 3.02. The van der Waals surface area contributed by atoms with Crippen LogP contribution in [0.5, 0.6) is 11.5 Å². The van der Waals surface area contributed by atoms with Crippen LogP contribution in [-0.2, 0) is 31.1 Å². The lowest BCUT2D eigenvalue weighted by molar-refractivity contribution is 0.0215. The quantitative estimate of drug-likeness (QED) is 0.857. The summed E-state index contributed by atoms with van der Waals surface area (Å²) in [4.78, 5) is 11.2. The molecule has 1 fully saturated rings. The summed E-state index contributed by atoms with van der Waals surface area (Å²) in [5.41, 5.74) is 4.94. The van der Waals surface area contributed by atoms with E-state index in [4.69, 9.17) is 9.72 Å². The van der Waals surface area contributed by atoms with Crippen LogP contribution in [0, 0.1) is 11.8 Å². The molecule has 3 atom stereocenters. The third-order valence-electron chi connectivity index (χ3n) is 7.45. The predicted octanol–water partition coefficient (Wildman–Crippen LogP) is 3.24. The Labute approximate surface area is 167 Å². The molecule has 0 saturated carbocycles. The number of H-pyrrole nitrogens is 1. The number of ether oxygens (including phenoxy) is 1. The molecule has 5 heteroatoms. The first-order valence-corrected chi connectivity index (χ1v) is 10.6. The minimum absolute atomic E-state index is 0.0297. The van der Waals surface area contributed by atoms with Gasteiger partial charge in [-0.1, -0.05) is 19.9 Å². The van der Waals surface area contributed by atoms with Gasteiger partial charge in [0.15, 0.2) is 11.5 Å². The number of aromatic amines is 1. The standard InChI is InChI=1S/C23H31N3O2/c1-13(2)9-20-24-16-11-15-18-10-14-5-6-19(28-4)22(27)21(14)23(15,7-8-26(18)3)12-17(16)25-20/h5-6,13,15,18,27H,7-12H2,1-4H3,(H,24,25)/t15-,18+,23-/m1/s1. The smallest absolute Gasteiger partial charge is 0.161 e. The summed E-state index contributed by atoms with van der Waals surface area (Å²) in [7, 11) is 3.90. The maximum Gasteiger partial charge on any atom is 0.161 e. The zero-order valence-corrected chi connectivity index (χ0v) is 17.4. The van der Waals surface area contributed by atoms with E-state index in [1.165, 1.54) is 17.0 Å². The number of hydrogen-bond acceptors (Lipinski definition) is 4. The summed E-state index contributed by atoms with van der Waals surface area (Å²) >= 11 is 0. The Kier molecular flexibility index (Phi) is 4.02. The van der Waals surface area contributed by atoms with Crippen molar-refractivity contribution in [1.29, 1.82) is 0 Å². The van der Waals surface area contributed by atoms with Crippen LogP contribution in [-0.4, -0.2) is 46.7 Å². The fourth-order valence-corrected chi connectivity index (χ4v) is 6.21. The highest BCUT2D eigenvalue weighted by Crippen LogP contribution is 2.57. The Morgan fingerprint density at radius 2 is 2.18 bits per heavy atom. The lowest BCUT2D eigenvalue weighted by atomic mass is 9.52. The molecule has 1 aliphatic heterocycles. The molecule has 0 amide bonds. The molecule has 2 bridgehead atoms. The lowest BCUT2D eigenvalue weighted by Crippen LogP contribution is -2.61. The minimum Gasteiger partial charge on any atom is -0.504 e. The third-order valence-corrected chi connectivity index (χ3v) is 7.45. The zero-order valence-electron chi connectivity index (χ0n) is 17.4. The van der Waals surface area contributed by atoms with Crippen LogP contribution >= 0.6 is 0 Å². The molecule has 0 unspecified atom stereocenters. The van der Waals surface area contributed by atoms with E-state index < -0.39 is 0 Å². The number of phenols is 1. The van der Waals surface area contributed by atoms with E-state index in [2.05, 4.69) is 36.8 Å².